The SMILES string of the molecule is CCCC[C@]1(O)CC[C@@](CC)(C(=O)N(C)c2ccc(CCCOC)cc2)CC1. The van der Waals surface area contributed by atoms with E-state index in [4.69, 9.17) is 4.74 Å². The number of rotatable bonds is 10. The van der Waals surface area contributed by atoms with E-state index in [1.54, 1.807) is 7.11 Å². The van der Waals surface area contributed by atoms with Crippen molar-refractivity contribution in [2.24, 2.45) is 5.41 Å². The summed E-state index contributed by atoms with van der Waals surface area (Å²) in [5, 5.41) is 10.9. The Kier molecular flexibility index (Phi) is 8.51. The summed E-state index contributed by atoms with van der Waals surface area (Å²) in [6, 6.07) is 8.31. The summed E-state index contributed by atoms with van der Waals surface area (Å²) in [6.45, 7) is 5.04. The molecule has 0 aromatic heterocycles. The van der Waals surface area contributed by atoms with Gasteiger partial charge in [0.2, 0.25) is 5.91 Å². The Bertz CT molecular complexity index is 603. The second-order valence-electron chi connectivity index (χ2n) is 8.59. The molecule has 1 aromatic carbocycles. The third kappa shape index (κ3) is 5.57. The van der Waals surface area contributed by atoms with E-state index in [0.29, 0.717) is 0 Å². The summed E-state index contributed by atoms with van der Waals surface area (Å²) < 4.78 is 5.11. The van der Waals surface area contributed by atoms with Crippen molar-refractivity contribution in [1.82, 2.24) is 0 Å². The van der Waals surface area contributed by atoms with Crippen molar-refractivity contribution in [3.05, 3.63) is 29.8 Å². The molecule has 1 aromatic rings. The number of unbranched alkanes of at least 4 members (excludes halogenated alkanes) is 1. The van der Waals surface area contributed by atoms with Gasteiger partial charge in [0.15, 0.2) is 0 Å². The quantitative estimate of drug-likeness (QED) is 0.565. The summed E-state index contributed by atoms with van der Waals surface area (Å²) in [6.07, 6.45) is 8.87. The molecule has 0 heterocycles. The number of ether oxygens (including phenoxy) is 1. The molecule has 0 atom stereocenters. The van der Waals surface area contributed by atoms with Gasteiger partial charge in [-0.2, -0.15) is 0 Å². The Hall–Kier alpha value is -1.39. The van der Waals surface area contributed by atoms with Gasteiger partial charge in [0.05, 0.1) is 5.60 Å². The zero-order chi connectivity index (χ0) is 20.6. The van der Waals surface area contributed by atoms with Crippen LogP contribution in [-0.2, 0) is 16.0 Å². The minimum Gasteiger partial charge on any atom is -0.390 e. The largest absolute Gasteiger partial charge is 0.390 e. The third-order valence-electron chi connectivity index (χ3n) is 6.71. The lowest BCUT2D eigenvalue weighted by molar-refractivity contribution is -0.134. The molecule has 28 heavy (non-hydrogen) atoms. The summed E-state index contributed by atoms with van der Waals surface area (Å²) >= 11 is 0. The molecule has 1 fully saturated rings. The van der Waals surface area contributed by atoms with Crippen LogP contribution in [0.15, 0.2) is 24.3 Å². The maximum atomic E-state index is 13.4. The predicted octanol–water partition coefficient (Wildman–Crippen LogP) is 5.12. The minimum absolute atomic E-state index is 0.194. The van der Waals surface area contributed by atoms with Crippen LogP contribution in [0.25, 0.3) is 0 Å². The van der Waals surface area contributed by atoms with Crippen molar-refractivity contribution in [3.8, 4) is 0 Å². The Morgan fingerprint density at radius 1 is 1.11 bits per heavy atom. The fourth-order valence-electron chi connectivity index (χ4n) is 4.45. The Morgan fingerprint density at radius 2 is 1.75 bits per heavy atom. The fraction of sp³-hybridized carbons (Fsp3) is 0.708. The van der Waals surface area contributed by atoms with Gasteiger partial charge in [-0.3, -0.25) is 4.79 Å². The van der Waals surface area contributed by atoms with Crippen LogP contribution >= 0.6 is 0 Å². The number of hydrogen-bond donors (Lipinski definition) is 1. The number of benzene rings is 1. The normalized spacial score (nSPS) is 24.9. The van der Waals surface area contributed by atoms with Crippen LogP contribution in [-0.4, -0.2) is 37.4 Å². The number of amides is 1. The average Bonchev–Trinajstić information content (AvgIpc) is 2.73. The monoisotopic (exact) mass is 389 g/mol. The van der Waals surface area contributed by atoms with Crippen molar-refractivity contribution < 1.29 is 14.6 Å². The second kappa shape index (κ2) is 10.4. The molecule has 1 aliphatic rings. The number of carbonyl (C=O) groups excluding carboxylic acids is 1. The maximum Gasteiger partial charge on any atom is 0.232 e. The van der Waals surface area contributed by atoms with Crippen LogP contribution in [0.3, 0.4) is 0 Å². The number of aliphatic hydroxyl groups is 1. The zero-order valence-electron chi connectivity index (χ0n) is 18.3. The molecular formula is C24H39NO3. The lowest BCUT2D eigenvalue weighted by Gasteiger charge is -2.44. The summed E-state index contributed by atoms with van der Waals surface area (Å²) in [5.41, 5.74) is 1.30. The first-order valence-corrected chi connectivity index (χ1v) is 11.0. The van der Waals surface area contributed by atoms with E-state index < -0.39 is 5.60 Å². The van der Waals surface area contributed by atoms with Gasteiger partial charge in [-0.05, 0) is 69.1 Å². The molecule has 2 rings (SSSR count). The van der Waals surface area contributed by atoms with E-state index in [9.17, 15) is 9.90 Å². The molecule has 1 saturated carbocycles. The summed E-state index contributed by atoms with van der Waals surface area (Å²) in [7, 11) is 3.61. The number of hydrogen-bond acceptors (Lipinski definition) is 3. The lowest BCUT2D eigenvalue weighted by atomic mass is 9.65. The molecular weight excluding hydrogens is 350 g/mol. The molecule has 1 amide bonds. The maximum absolute atomic E-state index is 13.4. The number of methoxy groups -OCH3 is 1. The minimum atomic E-state index is -0.572. The highest BCUT2D eigenvalue weighted by molar-refractivity contribution is 5.97. The van der Waals surface area contributed by atoms with Crippen LogP contribution in [0.4, 0.5) is 5.69 Å². The van der Waals surface area contributed by atoms with E-state index in [2.05, 4.69) is 26.0 Å². The van der Waals surface area contributed by atoms with Gasteiger partial charge in [-0.25, -0.2) is 0 Å². The topological polar surface area (TPSA) is 49.8 Å². The summed E-state index contributed by atoms with van der Waals surface area (Å²) in [4.78, 5) is 15.2. The number of carbonyl (C=O) groups is 1. The molecule has 4 nitrogen and oxygen atoms in total. The van der Waals surface area contributed by atoms with Gasteiger partial charge >= 0.3 is 0 Å². The van der Waals surface area contributed by atoms with Crippen LogP contribution in [0.5, 0.6) is 0 Å². The van der Waals surface area contributed by atoms with Crippen LogP contribution in [0, 0.1) is 5.41 Å². The molecule has 1 aliphatic carbocycles. The first-order valence-electron chi connectivity index (χ1n) is 11.0. The van der Waals surface area contributed by atoms with E-state index in [1.807, 2.05) is 24.1 Å². The molecule has 1 N–H and O–H groups in total. The first-order chi connectivity index (χ1) is 13.4. The van der Waals surface area contributed by atoms with E-state index in [0.717, 1.165) is 76.5 Å². The highest BCUT2D eigenvalue weighted by Crippen LogP contribution is 2.46. The Morgan fingerprint density at radius 3 is 2.29 bits per heavy atom. The van der Waals surface area contributed by atoms with Crippen molar-refractivity contribution in [2.45, 2.75) is 83.7 Å². The molecule has 0 bridgehead atoms. The van der Waals surface area contributed by atoms with Gasteiger partial charge < -0.3 is 14.7 Å². The van der Waals surface area contributed by atoms with E-state index in [1.165, 1.54) is 5.56 Å². The van der Waals surface area contributed by atoms with Gasteiger partial charge in [0.1, 0.15) is 0 Å². The number of aryl methyl sites for hydroxylation is 1. The zero-order valence-corrected chi connectivity index (χ0v) is 18.3. The molecule has 4 heteroatoms. The fourth-order valence-corrected chi connectivity index (χ4v) is 4.45. The number of anilines is 1. The van der Waals surface area contributed by atoms with Gasteiger partial charge in [0, 0.05) is 31.9 Å². The van der Waals surface area contributed by atoms with Gasteiger partial charge in [-0.1, -0.05) is 38.8 Å². The smallest absolute Gasteiger partial charge is 0.232 e. The molecule has 158 valence electrons. The standard InChI is InChI=1S/C24H39NO3/c1-5-7-14-24(27)17-15-23(6-2,16-18-24)22(26)25(3)21-12-10-20(11-13-21)9-8-19-28-4/h10-13,27H,5-9,14-19H2,1-4H3/t23-,24+. The van der Waals surface area contributed by atoms with Crippen molar-refractivity contribution in [3.63, 3.8) is 0 Å². The molecule has 0 saturated heterocycles. The van der Waals surface area contributed by atoms with Gasteiger partial charge in [0.25, 0.3) is 0 Å². The van der Waals surface area contributed by atoms with Crippen molar-refractivity contribution in [2.75, 3.05) is 25.7 Å². The molecule has 0 unspecified atom stereocenters. The van der Waals surface area contributed by atoms with Gasteiger partial charge in [-0.15, -0.1) is 0 Å². The number of nitrogens with zero attached hydrogens (tertiary/aromatic N) is 1. The molecule has 0 radical (unpaired) electrons. The Labute approximate surface area is 171 Å². The van der Waals surface area contributed by atoms with Crippen molar-refractivity contribution >= 4 is 11.6 Å². The highest BCUT2D eigenvalue weighted by Gasteiger charge is 2.46. The van der Waals surface area contributed by atoms with E-state index >= 15 is 0 Å². The first kappa shape index (κ1) is 22.9. The lowest BCUT2D eigenvalue weighted by Crippen LogP contribution is -2.48. The van der Waals surface area contributed by atoms with Crippen LogP contribution in [0.2, 0.25) is 0 Å². The predicted molar refractivity (Wildman–Crippen MR) is 116 cm³/mol. The van der Waals surface area contributed by atoms with Crippen LogP contribution in [0.1, 0.15) is 77.2 Å². The molecule has 0 aliphatic heterocycles. The summed E-state index contributed by atoms with van der Waals surface area (Å²) in [5.74, 6) is 0.194. The van der Waals surface area contributed by atoms with Crippen molar-refractivity contribution in [1.29, 1.82) is 0 Å². The molecule has 0 spiro atoms. The Balaban J connectivity index is 2.02. The average molecular weight is 390 g/mol. The highest BCUT2D eigenvalue weighted by atomic mass is 16.5. The third-order valence-corrected chi connectivity index (χ3v) is 6.71. The van der Waals surface area contributed by atoms with E-state index in [-0.39, 0.29) is 11.3 Å². The second-order valence-corrected chi connectivity index (χ2v) is 8.59. The van der Waals surface area contributed by atoms with Crippen LogP contribution < -0.4 is 4.90 Å².